The molecule has 152 valence electrons. The number of aromatic nitrogens is 1. The number of benzene rings is 2. The Hall–Kier alpha value is -1.99. The summed E-state index contributed by atoms with van der Waals surface area (Å²) in [7, 11) is 0. The van der Waals surface area contributed by atoms with Crippen molar-refractivity contribution in [2.75, 3.05) is 44.3 Å². The lowest BCUT2D eigenvalue weighted by Crippen LogP contribution is -2.43. The van der Waals surface area contributed by atoms with Crippen LogP contribution in [0.5, 0.6) is 0 Å². The van der Waals surface area contributed by atoms with Crippen LogP contribution in [0.3, 0.4) is 0 Å². The standard InChI is InChI=1S/C22H24ClN3O2S/c1-15-3-8-19-20(16(15)2)24-22(29-19)26(10-9-25-11-13-28-14-12-25)21(27)17-4-6-18(23)7-5-17/h3-8H,9-14H2,1-2H3. The molecular formula is C22H24ClN3O2S. The second-order valence-electron chi connectivity index (χ2n) is 7.27. The maximum absolute atomic E-state index is 13.4. The third-order valence-corrected chi connectivity index (χ3v) is 6.68. The SMILES string of the molecule is Cc1ccc2sc(N(CCN3CCOCC3)C(=O)c3ccc(Cl)cc3)nc2c1C. The topological polar surface area (TPSA) is 45.7 Å². The van der Waals surface area contributed by atoms with Crippen LogP contribution in [0.2, 0.25) is 5.02 Å². The Labute approximate surface area is 179 Å². The van der Waals surface area contributed by atoms with Gasteiger partial charge in [0.1, 0.15) is 0 Å². The van der Waals surface area contributed by atoms with Crippen LogP contribution in [0.25, 0.3) is 10.2 Å². The lowest BCUT2D eigenvalue weighted by atomic mass is 10.1. The Morgan fingerprint density at radius 3 is 2.62 bits per heavy atom. The average Bonchev–Trinajstić information content (AvgIpc) is 3.17. The molecule has 0 N–H and O–H groups in total. The van der Waals surface area contributed by atoms with Crippen LogP contribution >= 0.6 is 22.9 Å². The van der Waals surface area contributed by atoms with Crippen molar-refractivity contribution in [2.45, 2.75) is 13.8 Å². The van der Waals surface area contributed by atoms with Crippen molar-refractivity contribution in [3.05, 3.63) is 58.1 Å². The average molecular weight is 430 g/mol. The third-order valence-electron chi connectivity index (χ3n) is 5.38. The summed E-state index contributed by atoms with van der Waals surface area (Å²) < 4.78 is 6.54. The summed E-state index contributed by atoms with van der Waals surface area (Å²) in [5.41, 5.74) is 3.96. The number of hydrogen-bond acceptors (Lipinski definition) is 5. The highest BCUT2D eigenvalue weighted by molar-refractivity contribution is 7.22. The van der Waals surface area contributed by atoms with Crippen LogP contribution in [-0.4, -0.2) is 55.2 Å². The lowest BCUT2D eigenvalue weighted by molar-refractivity contribution is 0.0391. The number of fused-ring (bicyclic) bond motifs is 1. The summed E-state index contributed by atoms with van der Waals surface area (Å²) in [4.78, 5) is 22.4. The molecule has 7 heteroatoms. The highest BCUT2D eigenvalue weighted by Crippen LogP contribution is 2.32. The molecule has 29 heavy (non-hydrogen) atoms. The lowest BCUT2D eigenvalue weighted by Gasteiger charge is -2.29. The zero-order valence-corrected chi connectivity index (χ0v) is 18.2. The van der Waals surface area contributed by atoms with E-state index in [1.807, 2.05) is 0 Å². The molecule has 0 spiro atoms. The van der Waals surface area contributed by atoms with Gasteiger partial charge in [0.25, 0.3) is 5.91 Å². The molecule has 1 saturated heterocycles. The zero-order chi connectivity index (χ0) is 20.4. The molecule has 0 aliphatic carbocycles. The second kappa shape index (κ2) is 8.79. The Kier molecular flexibility index (Phi) is 6.15. The Bertz CT molecular complexity index is 1010. The number of anilines is 1. The van der Waals surface area contributed by atoms with Gasteiger partial charge in [0, 0.05) is 36.8 Å². The maximum Gasteiger partial charge on any atom is 0.260 e. The molecule has 0 radical (unpaired) electrons. The van der Waals surface area contributed by atoms with Gasteiger partial charge in [-0.3, -0.25) is 14.6 Å². The molecule has 2 aromatic carbocycles. The summed E-state index contributed by atoms with van der Waals surface area (Å²) in [5, 5.41) is 1.36. The number of thiazole rings is 1. The molecule has 2 heterocycles. The molecule has 1 aliphatic heterocycles. The predicted molar refractivity (Wildman–Crippen MR) is 119 cm³/mol. The van der Waals surface area contributed by atoms with E-state index in [1.54, 1.807) is 40.5 Å². The molecule has 4 rings (SSSR count). The molecule has 1 aromatic heterocycles. The number of amides is 1. The first kappa shape index (κ1) is 20.3. The minimum Gasteiger partial charge on any atom is -0.379 e. The smallest absolute Gasteiger partial charge is 0.260 e. The highest BCUT2D eigenvalue weighted by Gasteiger charge is 2.23. The van der Waals surface area contributed by atoms with Crippen molar-refractivity contribution in [1.82, 2.24) is 9.88 Å². The van der Waals surface area contributed by atoms with E-state index in [-0.39, 0.29) is 5.91 Å². The summed E-state index contributed by atoms with van der Waals surface area (Å²) in [6.45, 7) is 8.80. The first-order valence-corrected chi connectivity index (χ1v) is 11.0. The maximum atomic E-state index is 13.4. The first-order valence-electron chi connectivity index (χ1n) is 9.77. The third kappa shape index (κ3) is 4.46. The Balaban J connectivity index is 1.66. The van der Waals surface area contributed by atoms with Gasteiger partial charge in [-0.05, 0) is 55.3 Å². The molecule has 0 saturated carbocycles. The first-order chi connectivity index (χ1) is 14.0. The summed E-state index contributed by atoms with van der Waals surface area (Å²) >= 11 is 7.57. The minimum atomic E-state index is -0.0524. The van der Waals surface area contributed by atoms with Crippen molar-refractivity contribution in [3.8, 4) is 0 Å². The number of aryl methyl sites for hydroxylation is 2. The largest absolute Gasteiger partial charge is 0.379 e. The Morgan fingerprint density at radius 1 is 1.17 bits per heavy atom. The predicted octanol–water partition coefficient (Wildman–Crippen LogP) is 4.55. The summed E-state index contributed by atoms with van der Waals surface area (Å²) in [5.74, 6) is -0.0524. The second-order valence-corrected chi connectivity index (χ2v) is 8.71. The van der Waals surface area contributed by atoms with Crippen LogP contribution in [0.4, 0.5) is 5.13 Å². The molecule has 0 atom stereocenters. The van der Waals surface area contributed by atoms with Gasteiger partial charge < -0.3 is 4.74 Å². The van der Waals surface area contributed by atoms with Crippen molar-refractivity contribution in [3.63, 3.8) is 0 Å². The van der Waals surface area contributed by atoms with Gasteiger partial charge in [0.2, 0.25) is 0 Å². The van der Waals surface area contributed by atoms with Gasteiger partial charge in [-0.1, -0.05) is 29.0 Å². The van der Waals surface area contributed by atoms with Crippen molar-refractivity contribution in [1.29, 1.82) is 0 Å². The molecule has 5 nitrogen and oxygen atoms in total. The molecule has 3 aromatic rings. The molecule has 1 fully saturated rings. The molecule has 1 amide bonds. The van der Waals surface area contributed by atoms with Gasteiger partial charge in [-0.15, -0.1) is 0 Å². The van der Waals surface area contributed by atoms with Crippen LogP contribution < -0.4 is 4.90 Å². The van der Waals surface area contributed by atoms with Crippen LogP contribution in [0.15, 0.2) is 36.4 Å². The van der Waals surface area contributed by atoms with Crippen molar-refractivity contribution >= 4 is 44.2 Å². The van der Waals surface area contributed by atoms with E-state index < -0.39 is 0 Å². The Morgan fingerprint density at radius 2 is 1.90 bits per heavy atom. The van der Waals surface area contributed by atoms with Gasteiger partial charge in [0.15, 0.2) is 5.13 Å². The van der Waals surface area contributed by atoms with Gasteiger partial charge in [-0.2, -0.15) is 0 Å². The van der Waals surface area contributed by atoms with Crippen molar-refractivity contribution in [2.24, 2.45) is 0 Å². The molecule has 0 bridgehead atoms. The number of morpholine rings is 1. The number of carbonyl (C=O) groups excluding carboxylic acids is 1. The van der Waals surface area contributed by atoms with E-state index in [0.29, 0.717) is 17.1 Å². The molecular weight excluding hydrogens is 406 g/mol. The molecule has 0 unspecified atom stereocenters. The highest BCUT2D eigenvalue weighted by atomic mass is 35.5. The van der Waals surface area contributed by atoms with E-state index in [0.717, 1.165) is 53.8 Å². The van der Waals surface area contributed by atoms with Gasteiger partial charge in [-0.25, -0.2) is 4.98 Å². The number of ether oxygens (including phenoxy) is 1. The fourth-order valence-electron chi connectivity index (χ4n) is 3.43. The monoisotopic (exact) mass is 429 g/mol. The van der Waals surface area contributed by atoms with E-state index in [4.69, 9.17) is 21.3 Å². The van der Waals surface area contributed by atoms with E-state index >= 15 is 0 Å². The summed E-state index contributed by atoms with van der Waals surface area (Å²) in [6.07, 6.45) is 0. The van der Waals surface area contributed by atoms with Crippen LogP contribution in [0.1, 0.15) is 21.5 Å². The minimum absolute atomic E-state index is 0.0524. The van der Waals surface area contributed by atoms with Gasteiger partial charge in [0.05, 0.1) is 23.4 Å². The number of rotatable bonds is 5. The van der Waals surface area contributed by atoms with Gasteiger partial charge >= 0.3 is 0 Å². The van der Waals surface area contributed by atoms with E-state index in [9.17, 15) is 4.79 Å². The fraction of sp³-hybridized carbons (Fsp3) is 0.364. The zero-order valence-electron chi connectivity index (χ0n) is 16.7. The summed E-state index contributed by atoms with van der Waals surface area (Å²) in [6, 6.07) is 11.2. The number of nitrogens with zero attached hydrogens (tertiary/aromatic N) is 3. The van der Waals surface area contributed by atoms with Crippen molar-refractivity contribution < 1.29 is 9.53 Å². The van der Waals surface area contributed by atoms with Crippen LogP contribution in [0, 0.1) is 13.8 Å². The normalized spacial score (nSPS) is 15.0. The number of carbonyl (C=O) groups is 1. The van der Waals surface area contributed by atoms with Crippen LogP contribution in [-0.2, 0) is 4.74 Å². The molecule has 1 aliphatic rings. The van der Waals surface area contributed by atoms with E-state index in [2.05, 4.69) is 30.9 Å². The number of hydrogen-bond donors (Lipinski definition) is 0. The quantitative estimate of drug-likeness (QED) is 0.597. The number of halogens is 1. The van der Waals surface area contributed by atoms with E-state index in [1.165, 1.54) is 5.56 Å². The fourth-order valence-corrected chi connectivity index (χ4v) is 4.60.